The van der Waals surface area contributed by atoms with Gasteiger partial charge in [0.1, 0.15) is 0 Å². The van der Waals surface area contributed by atoms with Gasteiger partial charge >= 0.3 is 0 Å². The van der Waals surface area contributed by atoms with E-state index in [0.29, 0.717) is 28.4 Å². The van der Waals surface area contributed by atoms with Crippen LogP contribution in [0.15, 0.2) is 52.2 Å². The summed E-state index contributed by atoms with van der Waals surface area (Å²) in [6, 6.07) is 11.6. The molecule has 0 fully saturated rings. The lowest BCUT2D eigenvalue weighted by Crippen LogP contribution is -2.04. The first-order valence-electron chi connectivity index (χ1n) is 8.29. The second-order valence-corrected chi connectivity index (χ2v) is 6.93. The zero-order valence-corrected chi connectivity index (χ0v) is 15.4. The van der Waals surface area contributed by atoms with E-state index in [0.717, 1.165) is 12.0 Å². The van der Waals surface area contributed by atoms with Crippen molar-refractivity contribution in [1.82, 2.24) is 14.8 Å². The summed E-state index contributed by atoms with van der Waals surface area (Å²) in [7, 11) is 1.87. The molecule has 0 saturated carbocycles. The highest BCUT2D eigenvalue weighted by Gasteiger charge is 2.15. The number of benzene rings is 1. The number of ketones is 1. The minimum atomic E-state index is 0.0863. The van der Waals surface area contributed by atoms with Gasteiger partial charge in [-0.3, -0.25) is 4.79 Å². The molecule has 0 amide bonds. The lowest BCUT2D eigenvalue weighted by molar-refractivity contribution is 0.102. The second-order valence-electron chi connectivity index (χ2n) is 5.99. The van der Waals surface area contributed by atoms with E-state index in [1.807, 2.05) is 48.0 Å². The van der Waals surface area contributed by atoms with E-state index in [1.54, 1.807) is 6.26 Å². The predicted octanol–water partition coefficient (Wildman–Crippen LogP) is 4.56. The van der Waals surface area contributed by atoms with Crippen molar-refractivity contribution in [3.63, 3.8) is 0 Å². The lowest BCUT2D eigenvalue weighted by atomic mass is 9.97. The summed E-state index contributed by atoms with van der Waals surface area (Å²) in [5.41, 5.74) is 2.00. The monoisotopic (exact) mass is 355 g/mol. The Labute approximate surface area is 151 Å². The Hall–Kier alpha value is -2.34. The standard InChI is InChI=1S/C19H21N3O2S/c1-4-13(2)14-7-9-15(10-8-14)16(23)12-25-19-21-20-18(22(19)3)17-6-5-11-24-17/h5-11,13H,4,12H2,1-3H3. The number of hydrogen-bond donors (Lipinski definition) is 0. The molecule has 0 aliphatic heterocycles. The van der Waals surface area contributed by atoms with Gasteiger partial charge < -0.3 is 8.98 Å². The molecule has 3 rings (SSSR count). The highest BCUT2D eigenvalue weighted by molar-refractivity contribution is 7.99. The largest absolute Gasteiger partial charge is 0.461 e. The fourth-order valence-corrected chi connectivity index (χ4v) is 3.31. The van der Waals surface area contributed by atoms with Gasteiger partial charge in [-0.25, -0.2) is 0 Å². The molecule has 0 N–H and O–H groups in total. The van der Waals surface area contributed by atoms with E-state index in [2.05, 4.69) is 24.0 Å². The van der Waals surface area contributed by atoms with Crippen LogP contribution in [0.4, 0.5) is 0 Å². The smallest absolute Gasteiger partial charge is 0.200 e. The summed E-state index contributed by atoms with van der Waals surface area (Å²) in [4.78, 5) is 12.4. The van der Waals surface area contributed by atoms with Crippen LogP contribution in [0, 0.1) is 0 Å². The van der Waals surface area contributed by atoms with Crippen LogP contribution in [-0.2, 0) is 7.05 Å². The number of hydrogen-bond acceptors (Lipinski definition) is 5. The SMILES string of the molecule is CCC(C)c1ccc(C(=O)CSc2nnc(-c3ccco3)n2C)cc1. The Balaban J connectivity index is 1.65. The maximum Gasteiger partial charge on any atom is 0.200 e. The summed E-state index contributed by atoms with van der Waals surface area (Å²) >= 11 is 1.38. The molecule has 0 bridgehead atoms. The molecular weight excluding hydrogens is 334 g/mol. The summed E-state index contributed by atoms with van der Waals surface area (Å²) < 4.78 is 7.18. The molecule has 0 spiro atoms. The van der Waals surface area contributed by atoms with E-state index in [9.17, 15) is 4.79 Å². The summed E-state index contributed by atoms with van der Waals surface area (Å²) in [6.45, 7) is 4.36. The Kier molecular flexibility index (Phi) is 5.38. The number of nitrogens with zero attached hydrogens (tertiary/aromatic N) is 3. The second kappa shape index (κ2) is 7.70. The summed E-state index contributed by atoms with van der Waals surface area (Å²) in [5, 5.41) is 8.98. The van der Waals surface area contributed by atoms with Crippen LogP contribution >= 0.6 is 11.8 Å². The first-order valence-corrected chi connectivity index (χ1v) is 9.28. The zero-order valence-electron chi connectivity index (χ0n) is 14.6. The molecule has 1 atom stereocenters. The number of thioether (sulfide) groups is 1. The summed E-state index contributed by atoms with van der Waals surface area (Å²) in [5.74, 6) is 2.24. The number of furan rings is 1. The molecule has 3 aromatic rings. The van der Waals surface area contributed by atoms with Crippen LogP contribution < -0.4 is 0 Å². The maximum atomic E-state index is 12.4. The van der Waals surface area contributed by atoms with Crippen molar-refractivity contribution in [2.24, 2.45) is 7.05 Å². The van der Waals surface area contributed by atoms with Crippen molar-refractivity contribution in [3.05, 3.63) is 53.8 Å². The number of Topliss-reactive ketones (excluding diaryl/α,β-unsaturated/α-hetero) is 1. The van der Waals surface area contributed by atoms with E-state index < -0.39 is 0 Å². The third-order valence-corrected chi connectivity index (χ3v) is 5.34. The third-order valence-electron chi connectivity index (χ3n) is 4.32. The van der Waals surface area contributed by atoms with Gasteiger partial charge in [0.2, 0.25) is 0 Å². The molecule has 130 valence electrons. The average molecular weight is 355 g/mol. The minimum absolute atomic E-state index is 0.0863. The van der Waals surface area contributed by atoms with Crippen LogP contribution in [-0.4, -0.2) is 26.3 Å². The first kappa shape index (κ1) is 17.5. The van der Waals surface area contributed by atoms with Gasteiger partial charge in [0.05, 0.1) is 12.0 Å². The van der Waals surface area contributed by atoms with Crippen LogP contribution in [0.5, 0.6) is 0 Å². The van der Waals surface area contributed by atoms with Crippen LogP contribution in [0.3, 0.4) is 0 Å². The third kappa shape index (κ3) is 3.85. The van der Waals surface area contributed by atoms with Gasteiger partial charge in [-0.1, -0.05) is 49.9 Å². The van der Waals surface area contributed by atoms with E-state index in [-0.39, 0.29) is 5.78 Å². The quantitative estimate of drug-likeness (QED) is 0.459. The van der Waals surface area contributed by atoms with Crippen molar-refractivity contribution in [1.29, 1.82) is 0 Å². The molecule has 25 heavy (non-hydrogen) atoms. The molecule has 0 radical (unpaired) electrons. The topological polar surface area (TPSA) is 60.9 Å². The van der Waals surface area contributed by atoms with Crippen molar-refractivity contribution in [3.8, 4) is 11.6 Å². The number of carbonyl (C=O) groups excluding carboxylic acids is 1. The van der Waals surface area contributed by atoms with Crippen molar-refractivity contribution < 1.29 is 9.21 Å². The number of aromatic nitrogens is 3. The van der Waals surface area contributed by atoms with E-state index in [1.165, 1.54) is 17.3 Å². The van der Waals surface area contributed by atoms with E-state index in [4.69, 9.17) is 4.42 Å². The molecule has 5 nitrogen and oxygen atoms in total. The maximum absolute atomic E-state index is 12.4. The minimum Gasteiger partial charge on any atom is -0.461 e. The molecule has 0 saturated heterocycles. The summed E-state index contributed by atoms with van der Waals surface area (Å²) in [6.07, 6.45) is 2.69. The van der Waals surface area contributed by atoms with Crippen LogP contribution in [0.1, 0.15) is 42.1 Å². The van der Waals surface area contributed by atoms with Crippen LogP contribution in [0.2, 0.25) is 0 Å². The number of carbonyl (C=O) groups is 1. The molecular formula is C19H21N3O2S. The van der Waals surface area contributed by atoms with E-state index >= 15 is 0 Å². The fourth-order valence-electron chi connectivity index (χ4n) is 2.51. The van der Waals surface area contributed by atoms with Gasteiger partial charge in [0, 0.05) is 12.6 Å². The molecule has 1 unspecified atom stereocenters. The number of rotatable bonds is 7. The fraction of sp³-hybridized carbons (Fsp3) is 0.316. The van der Waals surface area contributed by atoms with Crippen molar-refractivity contribution >= 4 is 17.5 Å². The van der Waals surface area contributed by atoms with Gasteiger partial charge in [0.15, 0.2) is 22.5 Å². The Morgan fingerprint density at radius 2 is 2.00 bits per heavy atom. The first-order chi connectivity index (χ1) is 12.1. The molecule has 1 aromatic carbocycles. The van der Waals surface area contributed by atoms with Crippen molar-refractivity contribution in [2.45, 2.75) is 31.3 Å². The normalized spacial score (nSPS) is 12.3. The lowest BCUT2D eigenvalue weighted by Gasteiger charge is -2.09. The van der Waals surface area contributed by atoms with Gasteiger partial charge in [0.25, 0.3) is 0 Å². The zero-order chi connectivity index (χ0) is 17.8. The highest BCUT2D eigenvalue weighted by atomic mass is 32.2. The van der Waals surface area contributed by atoms with Gasteiger partial charge in [-0.05, 0) is 30.0 Å². The highest BCUT2D eigenvalue weighted by Crippen LogP contribution is 2.24. The van der Waals surface area contributed by atoms with Crippen molar-refractivity contribution in [2.75, 3.05) is 5.75 Å². The molecule has 2 aromatic heterocycles. The Morgan fingerprint density at radius 3 is 2.64 bits per heavy atom. The van der Waals surface area contributed by atoms with Gasteiger partial charge in [-0.15, -0.1) is 10.2 Å². The Morgan fingerprint density at radius 1 is 1.24 bits per heavy atom. The average Bonchev–Trinajstić information content (AvgIpc) is 3.29. The molecule has 2 heterocycles. The van der Waals surface area contributed by atoms with Gasteiger partial charge in [-0.2, -0.15) is 0 Å². The molecule has 0 aliphatic carbocycles. The molecule has 0 aliphatic rings. The predicted molar refractivity (Wildman–Crippen MR) is 98.9 cm³/mol. The van der Waals surface area contributed by atoms with Crippen LogP contribution in [0.25, 0.3) is 11.6 Å². The molecule has 6 heteroatoms. The Bertz CT molecular complexity index is 838.